The Morgan fingerprint density at radius 2 is 1.72 bits per heavy atom. The van der Waals surface area contributed by atoms with Gasteiger partial charge in [-0.25, -0.2) is 4.79 Å². The fraction of sp³-hybridized carbons (Fsp3) is 0.333. The second-order valence-electron chi connectivity index (χ2n) is 5.20. The third-order valence-electron chi connectivity index (χ3n) is 3.73. The molecule has 0 aromatic heterocycles. The number of carbonyl (C=O) groups excluding carboxylic acids is 2. The highest BCUT2D eigenvalue weighted by atomic mass is 16.5. The number of aldehydes is 1. The zero-order chi connectivity index (χ0) is 18.8. The maximum Gasteiger partial charge on any atom is 0.339 e. The molecule has 0 amide bonds. The Labute approximate surface area is 149 Å². The van der Waals surface area contributed by atoms with Crippen LogP contribution in [0.1, 0.15) is 58.2 Å². The minimum Gasteiger partial charge on any atom is -0.489 e. The van der Waals surface area contributed by atoms with E-state index in [0.717, 1.165) is 11.1 Å². The Hall–Kier alpha value is -2.62. The maximum atomic E-state index is 12.1. The molecule has 0 radical (unpaired) electrons. The molecule has 4 heteroatoms. The molecule has 0 saturated carbocycles. The van der Waals surface area contributed by atoms with Gasteiger partial charge in [-0.2, -0.15) is 0 Å². The van der Waals surface area contributed by atoms with Crippen molar-refractivity contribution in [3.05, 3.63) is 64.2 Å². The van der Waals surface area contributed by atoms with Gasteiger partial charge < -0.3 is 9.47 Å². The van der Waals surface area contributed by atoms with Crippen molar-refractivity contribution in [1.82, 2.24) is 0 Å². The van der Waals surface area contributed by atoms with Crippen molar-refractivity contribution in [2.45, 2.75) is 41.2 Å². The Morgan fingerprint density at radius 1 is 1.08 bits per heavy atom. The second kappa shape index (κ2) is 10.3. The van der Waals surface area contributed by atoms with Crippen LogP contribution in [0.5, 0.6) is 5.75 Å². The fourth-order valence-electron chi connectivity index (χ4n) is 2.36. The van der Waals surface area contributed by atoms with Crippen LogP contribution in [0.3, 0.4) is 0 Å². The van der Waals surface area contributed by atoms with Crippen molar-refractivity contribution in [3.8, 4) is 5.75 Å². The fourth-order valence-corrected chi connectivity index (χ4v) is 2.36. The highest BCUT2D eigenvalue weighted by molar-refractivity contribution is 6.00. The summed E-state index contributed by atoms with van der Waals surface area (Å²) in [7, 11) is 0. The van der Waals surface area contributed by atoms with Gasteiger partial charge in [0.25, 0.3) is 0 Å². The lowest BCUT2D eigenvalue weighted by Gasteiger charge is -2.16. The lowest BCUT2D eigenvalue weighted by Crippen LogP contribution is -2.12. The molecule has 4 nitrogen and oxygen atoms in total. The summed E-state index contributed by atoms with van der Waals surface area (Å²) >= 11 is 0. The molecule has 134 valence electrons. The molecule has 0 heterocycles. The first-order valence-corrected chi connectivity index (χ1v) is 8.51. The van der Waals surface area contributed by atoms with Crippen LogP contribution in [-0.4, -0.2) is 18.9 Å². The van der Waals surface area contributed by atoms with E-state index in [1.54, 1.807) is 19.9 Å². The number of benzene rings is 2. The molecule has 0 fully saturated rings. The summed E-state index contributed by atoms with van der Waals surface area (Å²) in [4.78, 5) is 23.4. The Bertz CT molecular complexity index is 706. The average Bonchev–Trinajstić information content (AvgIpc) is 2.65. The number of hydrogen-bond donors (Lipinski definition) is 0. The molecule has 25 heavy (non-hydrogen) atoms. The molecule has 2 aromatic rings. The van der Waals surface area contributed by atoms with Crippen LogP contribution < -0.4 is 4.74 Å². The van der Waals surface area contributed by atoms with Gasteiger partial charge in [0.1, 0.15) is 12.4 Å². The molecular formula is C21H26O4. The van der Waals surface area contributed by atoms with Crippen molar-refractivity contribution >= 4 is 12.3 Å². The first kappa shape index (κ1) is 20.4. The third kappa shape index (κ3) is 5.18. The van der Waals surface area contributed by atoms with Crippen molar-refractivity contribution in [3.63, 3.8) is 0 Å². The first-order chi connectivity index (χ1) is 12.1. The number of carbonyl (C=O) groups is 2. The van der Waals surface area contributed by atoms with E-state index in [0.29, 0.717) is 29.8 Å². The predicted octanol–water partition coefficient (Wildman–Crippen LogP) is 4.90. The average molecular weight is 342 g/mol. The third-order valence-corrected chi connectivity index (χ3v) is 3.73. The van der Waals surface area contributed by atoms with E-state index >= 15 is 0 Å². The molecule has 0 saturated heterocycles. The molecule has 0 aliphatic rings. The minimum absolute atomic E-state index is 0.266. The van der Waals surface area contributed by atoms with Gasteiger partial charge in [0.05, 0.1) is 12.2 Å². The van der Waals surface area contributed by atoms with Crippen LogP contribution in [0.25, 0.3) is 0 Å². The van der Waals surface area contributed by atoms with Gasteiger partial charge in [0.2, 0.25) is 0 Å². The predicted molar refractivity (Wildman–Crippen MR) is 99.4 cm³/mol. The lowest BCUT2D eigenvalue weighted by molar-refractivity contribution is 0.0523. The summed E-state index contributed by atoms with van der Waals surface area (Å²) in [5.41, 5.74) is 3.17. The Balaban J connectivity index is 0.00000151. The molecule has 0 aliphatic heterocycles. The van der Waals surface area contributed by atoms with Crippen molar-refractivity contribution in [2.75, 3.05) is 6.61 Å². The maximum absolute atomic E-state index is 12.1. The van der Waals surface area contributed by atoms with Crippen molar-refractivity contribution in [1.29, 1.82) is 0 Å². The Morgan fingerprint density at radius 3 is 2.28 bits per heavy atom. The monoisotopic (exact) mass is 342 g/mol. The van der Waals surface area contributed by atoms with Gasteiger partial charge in [-0.15, -0.1) is 0 Å². The van der Waals surface area contributed by atoms with Gasteiger partial charge in [-0.05, 0) is 43.5 Å². The molecule has 0 unspecified atom stereocenters. The molecule has 0 N–H and O–H groups in total. The lowest BCUT2D eigenvalue weighted by atomic mass is 9.97. The molecule has 0 atom stereocenters. The van der Waals surface area contributed by atoms with Crippen LogP contribution in [0, 0.1) is 13.8 Å². The van der Waals surface area contributed by atoms with Gasteiger partial charge in [0.15, 0.2) is 6.29 Å². The minimum atomic E-state index is -0.482. The molecule has 2 aromatic carbocycles. The zero-order valence-corrected chi connectivity index (χ0v) is 15.6. The van der Waals surface area contributed by atoms with E-state index in [9.17, 15) is 9.59 Å². The van der Waals surface area contributed by atoms with Crippen molar-refractivity contribution < 1.29 is 19.1 Å². The topological polar surface area (TPSA) is 52.6 Å². The van der Waals surface area contributed by atoms with Crippen LogP contribution in [0.15, 0.2) is 36.4 Å². The van der Waals surface area contributed by atoms with Gasteiger partial charge in [-0.3, -0.25) is 4.79 Å². The number of ether oxygens (including phenoxy) is 2. The normalized spacial score (nSPS) is 9.64. The van der Waals surface area contributed by atoms with Crippen LogP contribution >= 0.6 is 0 Å². The quantitative estimate of drug-likeness (QED) is 0.553. The van der Waals surface area contributed by atoms with Crippen LogP contribution in [-0.2, 0) is 11.3 Å². The van der Waals surface area contributed by atoms with Gasteiger partial charge in [-0.1, -0.05) is 44.2 Å². The largest absolute Gasteiger partial charge is 0.489 e. The zero-order valence-electron chi connectivity index (χ0n) is 15.6. The highest BCUT2D eigenvalue weighted by Gasteiger charge is 2.20. The molecule has 0 aliphatic carbocycles. The van der Waals surface area contributed by atoms with E-state index < -0.39 is 5.97 Å². The SMILES string of the molecule is CC.CCOC(=O)c1c(C=O)cc(OCc2ccccc2)c(C)c1C. The molecule has 0 spiro atoms. The molecule has 0 bridgehead atoms. The Kier molecular flexibility index (Phi) is 8.40. The molecule has 2 rings (SSSR count). The smallest absolute Gasteiger partial charge is 0.339 e. The summed E-state index contributed by atoms with van der Waals surface area (Å²) in [6.45, 7) is 10.1. The summed E-state index contributed by atoms with van der Waals surface area (Å²) < 4.78 is 10.9. The van der Waals surface area contributed by atoms with E-state index in [4.69, 9.17) is 9.47 Å². The van der Waals surface area contributed by atoms with Crippen molar-refractivity contribution in [2.24, 2.45) is 0 Å². The standard InChI is InChI=1S/C19H20O4.C2H6/c1-4-22-19(21)18-14(3)13(2)17(10-16(18)11-20)23-12-15-8-6-5-7-9-15;1-2/h5-11H,4,12H2,1-3H3;1-2H3. The summed E-state index contributed by atoms with van der Waals surface area (Å²) in [5, 5.41) is 0. The first-order valence-electron chi connectivity index (χ1n) is 8.51. The second-order valence-corrected chi connectivity index (χ2v) is 5.20. The van der Waals surface area contributed by atoms with Gasteiger partial charge in [0, 0.05) is 5.56 Å². The van der Waals surface area contributed by atoms with E-state index in [2.05, 4.69) is 0 Å². The van der Waals surface area contributed by atoms with Crippen LogP contribution in [0.4, 0.5) is 0 Å². The number of esters is 1. The summed E-state index contributed by atoms with van der Waals surface area (Å²) in [6, 6.07) is 11.4. The summed E-state index contributed by atoms with van der Waals surface area (Å²) in [5.74, 6) is 0.117. The van der Waals surface area contributed by atoms with Crippen LogP contribution in [0.2, 0.25) is 0 Å². The summed E-state index contributed by atoms with van der Waals surface area (Å²) in [6.07, 6.45) is 0.661. The van der Waals surface area contributed by atoms with E-state index in [-0.39, 0.29) is 12.2 Å². The van der Waals surface area contributed by atoms with E-state index in [1.807, 2.05) is 51.1 Å². The number of rotatable bonds is 6. The highest BCUT2D eigenvalue weighted by Crippen LogP contribution is 2.28. The number of hydrogen-bond acceptors (Lipinski definition) is 4. The molecular weight excluding hydrogens is 316 g/mol. The van der Waals surface area contributed by atoms with Gasteiger partial charge >= 0.3 is 5.97 Å². The van der Waals surface area contributed by atoms with E-state index in [1.165, 1.54) is 0 Å².